The molecule has 0 atom stereocenters. The van der Waals surface area contributed by atoms with Crippen LogP contribution in [0.4, 0.5) is 4.79 Å². The van der Waals surface area contributed by atoms with Gasteiger partial charge in [0, 0.05) is 12.7 Å². The first-order valence-electron chi connectivity index (χ1n) is 7.25. The molecule has 0 unspecified atom stereocenters. The van der Waals surface area contributed by atoms with Crippen molar-refractivity contribution in [3.05, 3.63) is 64.9 Å². The predicted molar refractivity (Wildman–Crippen MR) is 86.6 cm³/mol. The maximum absolute atomic E-state index is 12.2. The number of amides is 1. The molecule has 2 aromatic rings. The third-order valence-corrected chi connectivity index (χ3v) is 3.34. The standard InChI is InChI=1S/C17H19ClN2O2/c1-2-10-20(12-15-8-9-16(18)19-11-15)17(21)22-13-14-6-4-3-5-7-14/h3-9,11H,2,10,12-13H2,1H3. The van der Waals surface area contributed by atoms with Gasteiger partial charge in [0.05, 0.1) is 6.54 Å². The highest BCUT2D eigenvalue weighted by Gasteiger charge is 2.15. The van der Waals surface area contributed by atoms with Crippen LogP contribution in [0, 0.1) is 0 Å². The van der Waals surface area contributed by atoms with Crippen LogP contribution in [-0.4, -0.2) is 22.5 Å². The van der Waals surface area contributed by atoms with Crippen molar-refractivity contribution >= 4 is 17.7 Å². The van der Waals surface area contributed by atoms with Gasteiger partial charge in [-0.2, -0.15) is 0 Å². The van der Waals surface area contributed by atoms with Crippen LogP contribution in [0.15, 0.2) is 48.7 Å². The Balaban J connectivity index is 1.94. The van der Waals surface area contributed by atoms with Crippen molar-refractivity contribution in [3.8, 4) is 0 Å². The number of nitrogens with zero attached hydrogens (tertiary/aromatic N) is 2. The van der Waals surface area contributed by atoms with Gasteiger partial charge in [0.25, 0.3) is 0 Å². The number of pyridine rings is 1. The Hall–Kier alpha value is -2.07. The van der Waals surface area contributed by atoms with Gasteiger partial charge < -0.3 is 9.64 Å². The van der Waals surface area contributed by atoms with E-state index in [4.69, 9.17) is 16.3 Å². The summed E-state index contributed by atoms with van der Waals surface area (Å²) in [6.45, 7) is 3.40. The molecule has 22 heavy (non-hydrogen) atoms. The van der Waals surface area contributed by atoms with Crippen molar-refractivity contribution in [1.29, 1.82) is 0 Å². The average molecular weight is 319 g/mol. The number of carbonyl (C=O) groups excluding carboxylic acids is 1. The second-order valence-electron chi connectivity index (χ2n) is 4.95. The molecule has 0 aliphatic carbocycles. The zero-order chi connectivity index (χ0) is 15.8. The lowest BCUT2D eigenvalue weighted by Gasteiger charge is -2.21. The van der Waals surface area contributed by atoms with E-state index in [2.05, 4.69) is 4.98 Å². The smallest absolute Gasteiger partial charge is 0.410 e. The Morgan fingerprint density at radius 2 is 1.95 bits per heavy atom. The molecular weight excluding hydrogens is 300 g/mol. The molecule has 0 saturated carbocycles. The first kappa shape index (κ1) is 16.3. The van der Waals surface area contributed by atoms with Crippen LogP contribution in [0.5, 0.6) is 0 Å². The van der Waals surface area contributed by atoms with Crippen LogP contribution in [0.2, 0.25) is 5.15 Å². The van der Waals surface area contributed by atoms with Gasteiger partial charge in [-0.05, 0) is 23.6 Å². The van der Waals surface area contributed by atoms with Crippen molar-refractivity contribution in [3.63, 3.8) is 0 Å². The fraction of sp³-hybridized carbons (Fsp3) is 0.294. The lowest BCUT2D eigenvalue weighted by molar-refractivity contribution is 0.0936. The Morgan fingerprint density at radius 1 is 1.18 bits per heavy atom. The molecule has 0 fully saturated rings. The fourth-order valence-electron chi connectivity index (χ4n) is 2.04. The van der Waals surface area contributed by atoms with Gasteiger partial charge >= 0.3 is 6.09 Å². The summed E-state index contributed by atoms with van der Waals surface area (Å²) < 4.78 is 5.38. The van der Waals surface area contributed by atoms with E-state index >= 15 is 0 Å². The molecule has 0 spiro atoms. The van der Waals surface area contributed by atoms with E-state index in [9.17, 15) is 4.79 Å². The average Bonchev–Trinajstić information content (AvgIpc) is 2.55. The molecule has 5 heteroatoms. The number of halogens is 1. The van der Waals surface area contributed by atoms with Crippen molar-refractivity contribution < 1.29 is 9.53 Å². The van der Waals surface area contributed by atoms with E-state index in [1.165, 1.54) is 0 Å². The number of ether oxygens (including phenoxy) is 1. The summed E-state index contributed by atoms with van der Waals surface area (Å²) in [4.78, 5) is 17.9. The number of benzene rings is 1. The topological polar surface area (TPSA) is 42.4 Å². The van der Waals surface area contributed by atoms with E-state index < -0.39 is 0 Å². The number of hydrogen-bond acceptors (Lipinski definition) is 3. The Bertz CT molecular complexity index is 587. The molecule has 1 heterocycles. The molecule has 0 aliphatic rings. The quantitative estimate of drug-likeness (QED) is 0.746. The Labute approximate surface area is 135 Å². The summed E-state index contributed by atoms with van der Waals surface area (Å²) in [5.74, 6) is 0. The molecule has 1 aromatic heterocycles. The fourth-order valence-corrected chi connectivity index (χ4v) is 2.15. The van der Waals surface area contributed by atoms with Crippen LogP contribution < -0.4 is 0 Å². The molecule has 2 rings (SSSR count). The maximum Gasteiger partial charge on any atom is 0.410 e. The lowest BCUT2D eigenvalue weighted by Crippen LogP contribution is -2.31. The van der Waals surface area contributed by atoms with Crippen LogP contribution in [0.3, 0.4) is 0 Å². The minimum atomic E-state index is -0.319. The largest absolute Gasteiger partial charge is 0.445 e. The Morgan fingerprint density at radius 3 is 2.59 bits per heavy atom. The lowest BCUT2D eigenvalue weighted by atomic mass is 10.2. The second kappa shape index (κ2) is 8.39. The molecule has 0 aliphatic heterocycles. The Kier molecular flexibility index (Phi) is 6.22. The number of rotatable bonds is 6. The van der Waals surface area contributed by atoms with E-state index in [0.717, 1.165) is 17.5 Å². The number of hydrogen-bond donors (Lipinski definition) is 0. The van der Waals surface area contributed by atoms with Crippen LogP contribution in [0.25, 0.3) is 0 Å². The van der Waals surface area contributed by atoms with Gasteiger partial charge in [-0.15, -0.1) is 0 Å². The van der Waals surface area contributed by atoms with E-state index in [1.807, 2.05) is 43.3 Å². The van der Waals surface area contributed by atoms with Gasteiger partial charge in [0.15, 0.2) is 0 Å². The van der Waals surface area contributed by atoms with Crippen molar-refractivity contribution in [2.75, 3.05) is 6.54 Å². The third kappa shape index (κ3) is 5.04. The minimum Gasteiger partial charge on any atom is -0.445 e. The van der Waals surface area contributed by atoms with Crippen molar-refractivity contribution in [2.24, 2.45) is 0 Å². The highest BCUT2D eigenvalue weighted by Crippen LogP contribution is 2.10. The number of aromatic nitrogens is 1. The summed E-state index contributed by atoms with van der Waals surface area (Å²) in [6.07, 6.45) is 2.22. The summed E-state index contributed by atoms with van der Waals surface area (Å²) in [5, 5.41) is 0.442. The maximum atomic E-state index is 12.2. The molecule has 0 saturated heterocycles. The summed E-state index contributed by atoms with van der Waals surface area (Å²) in [6, 6.07) is 13.2. The predicted octanol–water partition coefficient (Wildman–Crippen LogP) is 4.28. The van der Waals surface area contributed by atoms with Gasteiger partial charge in [-0.1, -0.05) is 54.9 Å². The molecule has 0 radical (unpaired) electrons. The summed E-state index contributed by atoms with van der Waals surface area (Å²) >= 11 is 5.77. The van der Waals surface area contributed by atoms with Gasteiger partial charge in [-0.25, -0.2) is 9.78 Å². The molecular formula is C17H19ClN2O2. The normalized spacial score (nSPS) is 10.3. The summed E-state index contributed by atoms with van der Waals surface area (Å²) in [5.41, 5.74) is 1.90. The molecule has 0 N–H and O–H groups in total. The van der Waals surface area contributed by atoms with E-state index in [1.54, 1.807) is 17.2 Å². The monoisotopic (exact) mass is 318 g/mol. The second-order valence-corrected chi connectivity index (χ2v) is 5.34. The zero-order valence-corrected chi connectivity index (χ0v) is 13.3. The first-order valence-corrected chi connectivity index (χ1v) is 7.63. The van der Waals surface area contributed by atoms with Crippen LogP contribution >= 0.6 is 11.6 Å². The minimum absolute atomic E-state index is 0.277. The van der Waals surface area contributed by atoms with Crippen molar-refractivity contribution in [2.45, 2.75) is 26.5 Å². The zero-order valence-electron chi connectivity index (χ0n) is 12.5. The highest BCUT2D eigenvalue weighted by molar-refractivity contribution is 6.29. The van der Waals surface area contributed by atoms with Crippen LogP contribution in [-0.2, 0) is 17.9 Å². The molecule has 4 nitrogen and oxygen atoms in total. The van der Waals surface area contributed by atoms with Gasteiger partial charge in [0.1, 0.15) is 11.8 Å². The van der Waals surface area contributed by atoms with E-state index in [0.29, 0.717) is 18.2 Å². The van der Waals surface area contributed by atoms with E-state index in [-0.39, 0.29) is 12.7 Å². The van der Waals surface area contributed by atoms with Gasteiger partial charge in [0.2, 0.25) is 0 Å². The van der Waals surface area contributed by atoms with Crippen LogP contribution in [0.1, 0.15) is 24.5 Å². The molecule has 1 aromatic carbocycles. The third-order valence-electron chi connectivity index (χ3n) is 3.12. The SMILES string of the molecule is CCCN(Cc1ccc(Cl)nc1)C(=O)OCc1ccccc1. The highest BCUT2D eigenvalue weighted by atomic mass is 35.5. The molecule has 1 amide bonds. The number of carbonyl (C=O) groups is 1. The summed E-state index contributed by atoms with van der Waals surface area (Å²) in [7, 11) is 0. The van der Waals surface area contributed by atoms with Crippen molar-refractivity contribution in [1.82, 2.24) is 9.88 Å². The first-order chi connectivity index (χ1) is 10.7. The molecule has 0 bridgehead atoms. The van der Waals surface area contributed by atoms with Gasteiger partial charge in [-0.3, -0.25) is 0 Å². The molecule has 116 valence electrons.